The lowest BCUT2D eigenvalue weighted by Gasteiger charge is -2.21. The van der Waals surface area contributed by atoms with Gasteiger partial charge < -0.3 is 9.64 Å². The Labute approximate surface area is 98.1 Å². The molecule has 2 aliphatic rings. The Bertz CT molecular complexity index is 265. The maximum atomic E-state index is 12.1. The lowest BCUT2D eigenvalue weighted by atomic mass is 9.83. The molecule has 2 bridgehead atoms. The van der Waals surface area contributed by atoms with Crippen molar-refractivity contribution in [2.45, 2.75) is 44.8 Å². The van der Waals surface area contributed by atoms with Gasteiger partial charge in [0.15, 0.2) is 0 Å². The Morgan fingerprint density at radius 3 is 2.69 bits per heavy atom. The number of ketones is 1. The Morgan fingerprint density at radius 2 is 2.19 bits per heavy atom. The van der Waals surface area contributed by atoms with E-state index in [0.717, 1.165) is 25.8 Å². The molecule has 2 aliphatic heterocycles. The molecule has 0 aromatic carbocycles. The zero-order chi connectivity index (χ0) is 11.7. The van der Waals surface area contributed by atoms with Gasteiger partial charge in [0.05, 0.1) is 12.2 Å². The average Bonchev–Trinajstić information content (AvgIpc) is 2.76. The summed E-state index contributed by atoms with van der Waals surface area (Å²) in [6, 6.07) is 0. The van der Waals surface area contributed by atoms with E-state index in [1.165, 1.54) is 6.42 Å². The third kappa shape index (κ3) is 2.64. The Morgan fingerprint density at radius 1 is 1.44 bits per heavy atom. The van der Waals surface area contributed by atoms with Gasteiger partial charge in [-0.3, -0.25) is 4.79 Å². The van der Waals surface area contributed by atoms with Crippen LogP contribution in [0.3, 0.4) is 0 Å². The van der Waals surface area contributed by atoms with Gasteiger partial charge in [0.1, 0.15) is 5.78 Å². The summed E-state index contributed by atoms with van der Waals surface area (Å²) in [6.45, 7) is 3.15. The SMILES string of the molecule is CC(CC(=O)C1CC2CCC1O2)CN(C)C. The van der Waals surface area contributed by atoms with Crippen molar-refractivity contribution in [1.29, 1.82) is 0 Å². The molecule has 0 spiro atoms. The maximum absolute atomic E-state index is 12.1. The monoisotopic (exact) mass is 225 g/mol. The Hall–Kier alpha value is -0.410. The highest BCUT2D eigenvalue weighted by atomic mass is 16.5. The fourth-order valence-electron chi connectivity index (χ4n) is 3.16. The lowest BCUT2D eigenvalue weighted by molar-refractivity contribution is -0.125. The molecule has 16 heavy (non-hydrogen) atoms. The van der Waals surface area contributed by atoms with Gasteiger partial charge in [0.2, 0.25) is 0 Å². The van der Waals surface area contributed by atoms with E-state index < -0.39 is 0 Å². The highest BCUT2D eigenvalue weighted by molar-refractivity contribution is 5.82. The molecular weight excluding hydrogens is 202 g/mol. The average molecular weight is 225 g/mol. The highest BCUT2D eigenvalue weighted by Gasteiger charge is 2.44. The molecule has 0 N–H and O–H groups in total. The van der Waals surface area contributed by atoms with Crippen LogP contribution in [-0.2, 0) is 9.53 Å². The fourth-order valence-corrected chi connectivity index (χ4v) is 3.16. The first-order valence-electron chi connectivity index (χ1n) is 6.39. The molecular formula is C13H23NO2. The minimum Gasteiger partial charge on any atom is -0.374 e. The molecule has 0 amide bonds. The van der Waals surface area contributed by atoms with E-state index in [0.29, 0.717) is 17.8 Å². The zero-order valence-corrected chi connectivity index (χ0v) is 10.6. The summed E-state index contributed by atoms with van der Waals surface area (Å²) in [7, 11) is 4.11. The lowest BCUT2D eigenvalue weighted by Crippen LogP contribution is -2.29. The number of nitrogens with zero attached hydrogens (tertiary/aromatic N) is 1. The third-order valence-corrected chi connectivity index (χ3v) is 3.75. The van der Waals surface area contributed by atoms with Gasteiger partial charge in [-0.05, 0) is 39.3 Å². The molecule has 4 atom stereocenters. The van der Waals surface area contributed by atoms with Crippen LogP contribution in [-0.4, -0.2) is 43.5 Å². The number of fused-ring (bicyclic) bond motifs is 2. The topological polar surface area (TPSA) is 29.5 Å². The van der Waals surface area contributed by atoms with E-state index in [1.54, 1.807) is 0 Å². The van der Waals surface area contributed by atoms with Crippen molar-refractivity contribution in [2.24, 2.45) is 11.8 Å². The molecule has 0 aromatic heterocycles. The predicted molar refractivity (Wildman–Crippen MR) is 63.3 cm³/mol. The van der Waals surface area contributed by atoms with Gasteiger partial charge in [-0.2, -0.15) is 0 Å². The molecule has 0 saturated carbocycles. The van der Waals surface area contributed by atoms with Crippen molar-refractivity contribution in [3.8, 4) is 0 Å². The van der Waals surface area contributed by atoms with Gasteiger partial charge in [0.25, 0.3) is 0 Å². The van der Waals surface area contributed by atoms with E-state index in [-0.39, 0.29) is 12.0 Å². The van der Waals surface area contributed by atoms with Crippen LogP contribution < -0.4 is 0 Å². The molecule has 0 radical (unpaired) electrons. The van der Waals surface area contributed by atoms with Crippen LogP contribution in [0, 0.1) is 11.8 Å². The van der Waals surface area contributed by atoms with Crippen molar-refractivity contribution < 1.29 is 9.53 Å². The fraction of sp³-hybridized carbons (Fsp3) is 0.923. The maximum Gasteiger partial charge on any atom is 0.138 e. The standard InChI is InChI=1S/C13H23NO2/c1-9(8-14(2)3)6-12(15)11-7-10-4-5-13(11)16-10/h9-11,13H,4-8H2,1-3H3. The van der Waals surface area contributed by atoms with E-state index >= 15 is 0 Å². The molecule has 2 heterocycles. The van der Waals surface area contributed by atoms with Gasteiger partial charge >= 0.3 is 0 Å². The molecule has 4 unspecified atom stereocenters. The summed E-state index contributed by atoms with van der Waals surface area (Å²) in [5.74, 6) is 1.10. The van der Waals surface area contributed by atoms with Crippen LogP contribution in [0.4, 0.5) is 0 Å². The normalized spacial score (nSPS) is 34.6. The van der Waals surface area contributed by atoms with E-state index in [1.807, 2.05) is 0 Å². The van der Waals surface area contributed by atoms with Crippen LogP contribution >= 0.6 is 0 Å². The second-order valence-electron chi connectivity index (χ2n) is 5.75. The predicted octanol–water partition coefficient (Wildman–Crippen LogP) is 1.71. The zero-order valence-electron chi connectivity index (χ0n) is 10.6. The molecule has 2 saturated heterocycles. The van der Waals surface area contributed by atoms with Crippen molar-refractivity contribution >= 4 is 5.78 Å². The number of rotatable bonds is 5. The van der Waals surface area contributed by atoms with Crippen LogP contribution in [0.25, 0.3) is 0 Å². The number of carbonyl (C=O) groups excluding carboxylic acids is 1. The van der Waals surface area contributed by atoms with Gasteiger partial charge in [-0.25, -0.2) is 0 Å². The molecule has 2 fully saturated rings. The van der Waals surface area contributed by atoms with Crippen LogP contribution in [0.2, 0.25) is 0 Å². The first-order chi connectivity index (χ1) is 7.56. The van der Waals surface area contributed by atoms with Crippen LogP contribution in [0.5, 0.6) is 0 Å². The second-order valence-corrected chi connectivity index (χ2v) is 5.75. The summed E-state index contributed by atoms with van der Waals surface area (Å²) >= 11 is 0. The van der Waals surface area contributed by atoms with E-state index in [9.17, 15) is 4.79 Å². The number of ether oxygens (including phenoxy) is 1. The smallest absolute Gasteiger partial charge is 0.138 e. The summed E-state index contributed by atoms with van der Waals surface area (Å²) < 4.78 is 5.74. The molecule has 0 aliphatic carbocycles. The number of carbonyl (C=O) groups is 1. The minimum absolute atomic E-state index is 0.211. The Kier molecular flexibility index (Phi) is 3.65. The second kappa shape index (κ2) is 4.84. The largest absolute Gasteiger partial charge is 0.374 e. The Balaban J connectivity index is 1.80. The molecule has 3 nitrogen and oxygen atoms in total. The highest BCUT2D eigenvalue weighted by Crippen LogP contribution is 2.39. The van der Waals surface area contributed by atoms with Gasteiger partial charge in [0, 0.05) is 18.9 Å². The number of hydrogen-bond acceptors (Lipinski definition) is 3. The van der Waals surface area contributed by atoms with Crippen LogP contribution in [0.1, 0.15) is 32.6 Å². The quantitative estimate of drug-likeness (QED) is 0.713. The minimum atomic E-state index is 0.211. The molecule has 92 valence electrons. The van der Waals surface area contributed by atoms with Crippen LogP contribution in [0.15, 0.2) is 0 Å². The van der Waals surface area contributed by atoms with E-state index in [2.05, 4.69) is 25.9 Å². The first kappa shape index (κ1) is 12.1. The summed E-state index contributed by atoms with van der Waals surface area (Å²) in [6.07, 6.45) is 4.62. The summed E-state index contributed by atoms with van der Waals surface area (Å²) in [5.41, 5.74) is 0. The summed E-state index contributed by atoms with van der Waals surface area (Å²) in [5, 5.41) is 0. The van der Waals surface area contributed by atoms with Gasteiger partial charge in [-0.15, -0.1) is 0 Å². The van der Waals surface area contributed by atoms with Gasteiger partial charge in [-0.1, -0.05) is 6.92 Å². The number of Topliss-reactive ketones (excluding diaryl/α,β-unsaturated/α-hetero) is 1. The molecule has 3 heteroatoms. The van der Waals surface area contributed by atoms with E-state index in [4.69, 9.17) is 4.74 Å². The van der Waals surface area contributed by atoms with Crippen molar-refractivity contribution in [2.75, 3.05) is 20.6 Å². The van der Waals surface area contributed by atoms with Crippen molar-refractivity contribution in [1.82, 2.24) is 4.90 Å². The van der Waals surface area contributed by atoms with Crippen molar-refractivity contribution in [3.05, 3.63) is 0 Å². The molecule has 2 rings (SSSR count). The molecule has 0 aromatic rings. The summed E-state index contributed by atoms with van der Waals surface area (Å²) in [4.78, 5) is 14.3. The third-order valence-electron chi connectivity index (χ3n) is 3.75. The first-order valence-corrected chi connectivity index (χ1v) is 6.39. The van der Waals surface area contributed by atoms with Crippen molar-refractivity contribution in [3.63, 3.8) is 0 Å². The number of hydrogen-bond donors (Lipinski definition) is 0.